The molecule has 0 fully saturated rings. The molecule has 0 saturated heterocycles. The van der Waals surface area contributed by atoms with Crippen LogP contribution in [0.15, 0.2) is 58.5 Å². The molecule has 1 heterocycles. The second kappa shape index (κ2) is 10.3. The summed E-state index contributed by atoms with van der Waals surface area (Å²) in [7, 11) is -3.35. The fraction of sp³-hybridized carbons (Fsp3) is 0.391. The Kier molecular flexibility index (Phi) is 7.90. The maximum absolute atomic E-state index is 12.7. The minimum atomic E-state index is -3.35. The van der Waals surface area contributed by atoms with Gasteiger partial charge in [-0.15, -0.1) is 0 Å². The number of carbonyl (C=O) groups is 1. The molecule has 0 radical (unpaired) electrons. The van der Waals surface area contributed by atoms with Gasteiger partial charge in [-0.2, -0.15) is 16.9 Å². The van der Waals surface area contributed by atoms with Gasteiger partial charge in [-0.05, 0) is 60.7 Å². The van der Waals surface area contributed by atoms with Crippen molar-refractivity contribution in [2.45, 2.75) is 24.7 Å². The molecule has 1 N–H and O–H groups in total. The van der Waals surface area contributed by atoms with Crippen molar-refractivity contribution < 1.29 is 13.2 Å². The van der Waals surface area contributed by atoms with Gasteiger partial charge >= 0.3 is 0 Å². The summed E-state index contributed by atoms with van der Waals surface area (Å²) in [5.41, 5.74) is 2.23. The molecule has 172 valence electrons. The fourth-order valence-electron chi connectivity index (χ4n) is 3.86. The van der Waals surface area contributed by atoms with Gasteiger partial charge in [0.15, 0.2) is 9.84 Å². The Balaban J connectivity index is 1.75. The molecule has 32 heavy (non-hydrogen) atoms. The van der Waals surface area contributed by atoms with Crippen molar-refractivity contribution in [1.29, 1.82) is 0 Å². The molecule has 1 aliphatic rings. The predicted octanol–water partition coefficient (Wildman–Crippen LogP) is 4.55. The molecule has 0 aromatic heterocycles. The van der Waals surface area contributed by atoms with E-state index in [-0.39, 0.29) is 22.8 Å². The van der Waals surface area contributed by atoms with Crippen LogP contribution < -0.4 is 5.32 Å². The quantitative estimate of drug-likeness (QED) is 0.518. The molecule has 2 aromatic rings. The zero-order chi connectivity index (χ0) is 23.4. The molecule has 9 heteroatoms. The second-order valence-corrected chi connectivity index (χ2v) is 11.7. The van der Waals surface area contributed by atoms with Crippen molar-refractivity contribution in [2.24, 2.45) is 10.5 Å². The summed E-state index contributed by atoms with van der Waals surface area (Å²) in [5.74, 6) is 0.823. The van der Waals surface area contributed by atoms with Gasteiger partial charge in [0.25, 0.3) is 0 Å². The van der Waals surface area contributed by atoms with Crippen molar-refractivity contribution in [3.8, 4) is 0 Å². The largest absolute Gasteiger partial charge is 0.324 e. The molecule has 0 saturated carbocycles. The van der Waals surface area contributed by atoms with E-state index in [0.717, 1.165) is 36.1 Å². The van der Waals surface area contributed by atoms with Gasteiger partial charge in [-0.25, -0.2) is 8.42 Å². The Hall–Kier alpha value is -2.03. The summed E-state index contributed by atoms with van der Waals surface area (Å²) in [6, 6.07) is 13.9. The van der Waals surface area contributed by atoms with Crippen LogP contribution in [0.2, 0.25) is 5.02 Å². The third-order valence-electron chi connectivity index (χ3n) is 5.41. The molecule has 1 unspecified atom stereocenters. The van der Waals surface area contributed by atoms with Gasteiger partial charge in [0.05, 0.1) is 10.6 Å². The van der Waals surface area contributed by atoms with E-state index in [9.17, 15) is 13.2 Å². The highest BCUT2D eigenvalue weighted by atomic mass is 35.5. The van der Waals surface area contributed by atoms with Gasteiger partial charge in [-0.3, -0.25) is 9.80 Å². The summed E-state index contributed by atoms with van der Waals surface area (Å²) in [4.78, 5) is 12.9. The number of hydrogen-bond donors (Lipinski definition) is 1. The number of benzene rings is 2. The molecule has 1 atom stereocenters. The summed E-state index contributed by atoms with van der Waals surface area (Å²) < 4.78 is 23.5. The average Bonchev–Trinajstić information content (AvgIpc) is 3.04. The lowest BCUT2D eigenvalue weighted by Gasteiger charge is -2.26. The van der Waals surface area contributed by atoms with E-state index in [2.05, 4.69) is 18.5 Å². The first-order valence-corrected chi connectivity index (χ1v) is 14.0. The van der Waals surface area contributed by atoms with Crippen LogP contribution in [0.3, 0.4) is 0 Å². The summed E-state index contributed by atoms with van der Waals surface area (Å²) >= 11 is 7.88. The lowest BCUT2D eigenvalue weighted by Crippen LogP contribution is -2.34. The van der Waals surface area contributed by atoms with Crippen molar-refractivity contribution in [3.63, 3.8) is 0 Å². The Morgan fingerprint density at radius 3 is 2.62 bits per heavy atom. The lowest BCUT2D eigenvalue weighted by molar-refractivity contribution is -0.117. The van der Waals surface area contributed by atoms with Gasteiger partial charge in [0.2, 0.25) is 5.91 Å². The topological polar surface area (TPSA) is 78.8 Å². The highest BCUT2D eigenvalue weighted by Gasteiger charge is 2.39. The van der Waals surface area contributed by atoms with Crippen molar-refractivity contribution in [3.05, 3.63) is 59.1 Å². The molecule has 1 amide bonds. The van der Waals surface area contributed by atoms with Crippen LogP contribution in [-0.4, -0.2) is 56.4 Å². The highest BCUT2D eigenvalue weighted by Crippen LogP contribution is 2.36. The highest BCUT2D eigenvalue weighted by molar-refractivity contribution is 7.98. The van der Waals surface area contributed by atoms with E-state index >= 15 is 0 Å². The number of nitrogens with one attached hydrogen (secondary N) is 1. The maximum Gasteiger partial charge on any atom is 0.245 e. The summed E-state index contributed by atoms with van der Waals surface area (Å²) in [5, 5.41) is 10.1. The third kappa shape index (κ3) is 6.27. The number of sulfone groups is 1. The number of rotatable bonds is 9. The standard InChI is InChI=1S/C23H28ClN3O3S2/c1-23(12-5-13-31-2)16-27(26-22(23)17-8-10-18(24)11-9-17)15-21(28)25-19-6-4-7-20(14-19)32(3,29)30/h4,6-11,14H,5,12-13,15-16H2,1-3H3,(H,25,28). The van der Waals surface area contributed by atoms with Crippen molar-refractivity contribution in [2.75, 3.05) is 36.7 Å². The zero-order valence-corrected chi connectivity index (χ0v) is 20.9. The number of carbonyl (C=O) groups excluding carboxylic acids is 1. The van der Waals surface area contributed by atoms with Crippen LogP contribution >= 0.6 is 23.4 Å². The molecular formula is C23H28ClN3O3S2. The molecule has 3 rings (SSSR count). The number of hydrogen-bond acceptors (Lipinski definition) is 6. The minimum absolute atomic E-state index is 0.0817. The maximum atomic E-state index is 12.7. The monoisotopic (exact) mass is 493 g/mol. The number of anilines is 1. The molecule has 2 aromatic carbocycles. The molecular weight excluding hydrogens is 466 g/mol. The first-order chi connectivity index (χ1) is 15.1. The van der Waals surface area contributed by atoms with Crippen LogP contribution in [0.1, 0.15) is 25.3 Å². The molecule has 0 aliphatic carbocycles. The van der Waals surface area contributed by atoms with E-state index in [1.807, 2.05) is 36.0 Å². The average molecular weight is 494 g/mol. The van der Waals surface area contributed by atoms with Gasteiger partial charge < -0.3 is 5.32 Å². The Labute approximate surface area is 199 Å². The van der Waals surface area contributed by atoms with Crippen molar-refractivity contribution in [1.82, 2.24) is 5.01 Å². The first-order valence-electron chi connectivity index (χ1n) is 10.3. The number of halogens is 1. The van der Waals surface area contributed by atoms with Crippen LogP contribution in [0.4, 0.5) is 5.69 Å². The van der Waals surface area contributed by atoms with E-state index < -0.39 is 9.84 Å². The lowest BCUT2D eigenvalue weighted by atomic mass is 9.78. The number of nitrogens with zero attached hydrogens (tertiary/aromatic N) is 2. The number of thioether (sulfide) groups is 1. The van der Waals surface area contributed by atoms with Crippen LogP contribution in [0.25, 0.3) is 0 Å². The smallest absolute Gasteiger partial charge is 0.245 e. The first kappa shape index (κ1) is 24.6. The Morgan fingerprint density at radius 2 is 1.97 bits per heavy atom. The third-order valence-corrected chi connectivity index (χ3v) is 7.47. The fourth-order valence-corrected chi connectivity index (χ4v) is 5.08. The molecule has 1 aliphatic heterocycles. The summed E-state index contributed by atoms with van der Waals surface area (Å²) in [6.07, 6.45) is 5.26. The number of amides is 1. The predicted molar refractivity (Wildman–Crippen MR) is 133 cm³/mol. The van der Waals surface area contributed by atoms with Gasteiger partial charge in [0, 0.05) is 28.9 Å². The SMILES string of the molecule is CSCCCC1(C)CN(CC(=O)Nc2cccc(S(C)(=O)=O)c2)N=C1c1ccc(Cl)cc1. The molecule has 0 bridgehead atoms. The second-order valence-electron chi connectivity index (χ2n) is 8.28. The Morgan fingerprint density at radius 1 is 1.25 bits per heavy atom. The minimum Gasteiger partial charge on any atom is -0.324 e. The van der Waals surface area contributed by atoms with Gasteiger partial charge in [-0.1, -0.05) is 36.7 Å². The Bertz CT molecular complexity index is 1100. The normalized spacial score (nSPS) is 18.5. The van der Waals surface area contributed by atoms with Crippen LogP contribution in [0, 0.1) is 5.41 Å². The van der Waals surface area contributed by atoms with Crippen LogP contribution in [-0.2, 0) is 14.6 Å². The van der Waals surface area contributed by atoms with Crippen molar-refractivity contribution >= 4 is 50.5 Å². The molecule has 6 nitrogen and oxygen atoms in total. The van der Waals surface area contributed by atoms with Crippen LogP contribution in [0.5, 0.6) is 0 Å². The molecule has 0 spiro atoms. The van der Waals surface area contributed by atoms with Gasteiger partial charge in [0.1, 0.15) is 6.54 Å². The van der Waals surface area contributed by atoms with E-state index in [0.29, 0.717) is 17.3 Å². The summed E-state index contributed by atoms with van der Waals surface area (Å²) in [6.45, 7) is 2.91. The van der Waals surface area contributed by atoms with E-state index in [1.54, 1.807) is 17.1 Å². The van der Waals surface area contributed by atoms with E-state index in [1.165, 1.54) is 12.1 Å². The zero-order valence-electron chi connectivity index (χ0n) is 18.5. The van der Waals surface area contributed by atoms with E-state index in [4.69, 9.17) is 16.7 Å². The number of hydrazone groups is 1.